The maximum atomic E-state index is 8.55. The number of methoxy groups -OCH3 is 1. The van der Waals surface area contributed by atoms with Crippen LogP contribution in [0.25, 0.3) is 0 Å². The fourth-order valence-electron chi connectivity index (χ4n) is 2.58. The van der Waals surface area contributed by atoms with Crippen molar-refractivity contribution >= 4 is 23.5 Å². The van der Waals surface area contributed by atoms with Gasteiger partial charge in [-0.3, -0.25) is 15.4 Å². The first-order valence-corrected chi connectivity index (χ1v) is 9.04. The highest BCUT2D eigenvalue weighted by molar-refractivity contribution is 6.33. The highest BCUT2D eigenvalue weighted by atomic mass is 16.5. The van der Waals surface area contributed by atoms with Crippen LogP contribution in [0, 0.1) is 11.3 Å². The molecule has 2 aromatic rings. The number of nitrogens with two attached hydrogens (primary N) is 1. The number of nitrogens with zero attached hydrogens (tertiary/aromatic N) is 5. The van der Waals surface area contributed by atoms with Crippen LogP contribution in [0.5, 0.6) is 5.75 Å². The molecule has 0 spiro atoms. The van der Waals surface area contributed by atoms with E-state index in [-0.39, 0.29) is 11.8 Å². The number of aliphatic imine (C=N–C) groups is 1. The van der Waals surface area contributed by atoms with E-state index >= 15 is 0 Å². The van der Waals surface area contributed by atoms with E-state index in [0.29, 0.717) is 34.3 Å². The average molecular weight is 380 g/mol. The summed E-state index contributed by atoms with van der Waals surface area (Å²) in [6, 6.07) is 1.50. The molecule has 28 heavy (non-hydrogen) atoms. The van der Waals surface area contributed by atoms with Gasteiger partial charge in [0, 0.05) is 30.7 Å². The number of rotatable bonds is 9. The molecule has 0 aromatic carbocycles. The summed E-state index contributed by atoms with van der Waals surface area (Å²) in [6.45, 7) is 2.72. The van der Waals surface area contributed by atoms with Gasteiger partial charge in [0.05, 0.1) is 36.3 Å². The van der Waals surface area contributed by atoms with Gasteiger partial charge in [-0.2, -0.15) is 5.10 Å². The zero-order chi connectivity index (χ0) is 19.9. The second kappa shape index (κ2) is 9.03. The van der Waals surface area contributed by atoms with Crippen LogP contribution < -0.4 is 15.9 Å². The van der Waals surface area contributed by atoms with Gasteiger partial charge in [0.2, 0.25) is 0 Å². The molecule has 1 unspecified atom stereocenters. The summed E-state index contributed by atoms with van der Waals surface area (Å²) in [6.07, 6.45) is 10.4. The first kappa shape index (κ1) is 19.4. The van der Waals surface area contributed by atoms with Gasteiger partial charge in [0.1, 0.15) is 17.9 Å². The molecule has 1 aliphatic carbocycles. The lowest BCUT2D eigenvalue weighted by Crippen LogP contribution is -2.30. The lowest BCUT2D eigenvalue weighted by Gasteiger charge is -2.17. The first-order valence-electron chi connectivity index (χ1n) is 9.04. The Kier molecular flexibility index (Phi) is 6.25. The Balaban J connectivity index is 1.77. The van der Waals surface area contributed by atoms with Gasteiger partial charge in [-0.25, -0.2) is 9.97 Å². The summed E-state index contributed by atoms with van der Waals surface area (Å²) in [7, 11) is 1.56. The van der Waals surface area contributed by atoms with Crippen molar-refractivity contribution in [2.45, 2.75) is 25.8 Å². The molecule has 9 nitrogen and oxygen atoms in total. The zero-order valence-corrected chi connectivity index (χ0v) is 16.0. The van der Waals surface area contributed by atoms with Crippen LogP contribution in [0.1, 0.15) is 30.9 Å². The number of hydrogen-bond donors (Lipinski definition) is 3. The predicted octanol–water partition coefficient (Wildman–Crippen LogP) is 1.89. The number of aromatic nitrogens is 3. The molecule has 1 atom stereocenters. The molecule has 146 valence electrons. The van der Waals surface area contributed by atoms with Crippen molar-refractivity contribution in [2.24, 2.45) is 21.9 Å². The predicted molar refractivity (Wildman–Crippen MR) is 110 cm³/mol. The molecule has 0 bridgehead atoms. The summed E-state index contributed by atoms with van der Waals surface area (Å²) in [5, 5.41) is 15.6. The number of hydrazone groups is 1. The van der Waals surface area contributed by atoms with Crippen molar-refractivity contribution in [2.75, 3.05) is 19.0 Å². The summed E-state index contributed by atoms with van der Waals surface area (Å²) >= 11 is 0. The van der Waals surface area contributed by atoms with Crippen molar-refractivity contribution < 1.29 is 4.74 Å². The van der Waals surface area contributed by atoms with E-state index in [4.69, 9.17) is 16.0 Å². The van der Waals surface area contributed by atoms with Crippen LogP contribution in [0.15, 0.2) is 41.1 Å². The lowest BCUT2D eigenvalue weighted by molar-refractivity contribution is 0.413. The number of hydrogen-bond acceptors (Lipinski definition) is 9. The Morgan fingerprint density at radius 3 is 2.93 bits per heavy atom. The second-order valence-electron chi connectivity index (χ2n) is 6.63. The van der Waals surface area contributed by atoms with Gasteiger partial charge < -0.3 is 15.9 Å². The van der Waals surface area contributed by atoms with Crippen LogP contribution in [0.4, 0.5) is 5.82 Å². The second-order valence-corrected chi connectivity index (χ2v) is 6.63. The summed E-state index contributed by atoms with van der Waals surface area (Å²) < 4.78 is 5.19. The largest absolute Gasteiger partial charge is 0.495 e. The maximum Gasteiger partial charge on any atom is 0.139 e. The Hall–Kier alpha value is -3.36. The molecular formula is C19H24N8O. The summed E-state index contributed by atoms with van der Waals surface area (Å²) in [5.41, 5.74) is 1.98. The van der Waals surface area contributed by atoms with Gasteiger partial charge in [-0.05, 0) is 31.7 Å². The van der Waals surface area contributed by atoms with Crippen LogP contribution in [0.3, 0.4) is 0 Å². The van der Waals surface area contributed by atoms with Crippen LogP contribution in [0.2, 0.25) is 0 Å². The topological polar surface area (TPSA) is 135 Å². The number of anilines is 1. The van der Waals surface area contributed by atoms with Crippen molar-refractivity contribution in [1.29, 1.82) is 5.41 Å². The van der Waals surface area contributed by atoms with Crippen LogP contribution in [-0.4, -0.2) is 52.3 Å². The Morgan fingerprint density at radius 2 is 2.21 bits per heavy atom. The minimum Gasteiger partial charge on any atom is -0.495 e. The van der Waals surface area contributed by atoms with Crippen molar-refractivity contribution in [3.05, 3.63) is 42.1 Å². The fraction of sp³-hybridized carbons (Fsp3) is 0.368. The highest BCUT2D eigenvalue weighted by Gasteiger charge is 2.20. The van der Waals surface area contributed by atoms with Crippen molar-refractivity contribution in [3.63, 3.8) is 0 Å². The minimum atomic E-state index is -0.238. The van der Waals surface area contributed by atoms with E-state index < -0.39 is 0 Å². The monoisotopic (exact) mass is 380 g/mol. The number of pyridine rings is 1. The minimum absolute atomic E-state index is 0.232. The van der Waals surface area contributed by atoms with Gasteiger partial charge in [-0.15, -0.1) is 0 Å². The molecule has 1 aliphatic rings. The Labute approximate surface area is 163 Å². The van der Waals surface area contributed by atoms with E-state index in [9.17, 15) is 0 Å². The number of nitrogens with one attached hydrogen (secondary N) is 2. The smallest absolute Gasteiger partial charge is 0.139 e. The molecule has 0 saturated heterocycles. The molecule has 3 rings (SSSR count). The summed E-state index contributed by atoms with van der Waals surface area (Å²) in [5.74, 6) is 7.32. The maximum absolute atomic E-state index is 8.55. The molecule has 4 N–H and O–H groups in total. The molecule has 2 heterocycles. The van der Waals surface area contributed by atoms with E-state index in [2.05, 4.69) is 30.4 Å². The van der Waals surface area contributed by atoms with Gasteiger partial charge in [-0.1, -0.05) is 0 Å². The molecule has 1 saturated carbocycles. The third-order valence-electron chi connectivity index (χ3n) is 4.45. The van der Waals surface area contributed by atoms with Gasteiger partial charge in [0.25, 0.3) is 0 Å². The molecule has 2 aromatic heterocycles. The van der Waals surface area contributed by atoms with Crippen LogP contribution >= 0.6 is 0 Å². The third-order valence-corrected chi connectivity index (χ3v) is 4.45. The molecule has 0 amide bonds. The van der Waals surface area contributed by atoms with E-state index in [1.54, 1.807) is 38.0 Å². The SMILES string of the molecule is COc1cncc(C(=N)c2cncnc2NC(C)/C(C=NCC2CC2)=N/N)c1. The van der Waals surface area contributed by atoms with E-state index in [1.165, 1.54) is 19.2 Å². The van der Waals surface area contributed by atoms with Gasteiger partial charge >= 0.3 is 0 Å². The molecule has 1 fully saturated rings. The molecule has 9 heteroatoms. The van der Waals surface area contributed by atoms with E-state index in [0.717, 1.165) is 6.54 Å². The van der Waals surface area contributed by atoms with Crippen molar-refractivity contribution in [1.82, 2.24) is 15.0 Å². The average Bonchev–Trinajstić information content (AvgIpc) is 3.55. The fourth-order valence-corrected chi connectivity index (χ4v) is 2.58. The van der Waals surface area contributed by atoms with Crippen molar-refractivity contribution in [3.8, 4) is 5.75 Å². The molecular weight excluding hydrogens is 356 g/mol. The number of ether oxygens (including phenoxy) is 1. The third kappa shape index (κ3) is 4.87. The Morgan fingerprint density at radius 1 is 1.39 bits per heavy atom. The van der Waals surface area contributed by atoms with E-state index in [1.807, 2.05) is 6.92 Å². The highest BCUT2D eigenvalue weighted by Crippen LogP contribution is 2.28. The molecule has 0 radical (unpaired) electrons. The normalized spacial score (nSPS) is 15.4. The lowest BCUT2D eigenvalue weighted by atomic mass is 10.1. The summed E-state index contributed by atoms with van der Waals surface area (Å²) in [4.78, 5) is 16.9. The first-order chi connectivity index (χ1) is 13.6. The molecule has 0 aliphatic heterocycles. The van der Waals surface area contributed by atoms with Gasteiger partial charge in [0.15, 0.2) is 0 Å². The quantitative estimate of drug-likeness (QED) is 0.345. The van der Waals surface area contributed by atoms with Crippen LogP contribution in [-0.2, 0) is 0 Å². The standard InChI is InChI=1S/C19H24N8O/c1-12(17(27-21)10-22-6-13-3-4-13)26-19-16(9-24-11-25-19)18(20)14-5-15(28-2)8-23-7-14/h5,7-13,20H,3-4,6,21H2,1-2H3,(H,24,25,26)/b20-18?,22-10?,27-17+. The Bertz CT molecular complexity index is 891. The zero-order valence-electron chi connectivity index (χ0n) is 16.0.